The molecule has 0 aliphatic carbocycles. The highest BCUT2D eigenvalue weighted by Gasteiger charge is 2.23. The normalized spacial score (nSPS) is 25.4. The van der Waals surface area contributed by atoms with Crippen LogP contribution in [0.5, 0.6) is 0 Å². The topological polar surface area (TPSA) is 57.5 Å². The Balaban J connectivity index is 0.000000364. The largest absolute Gasteiger partial charge is 0.481 e. The van der Waals surface area contributed by atoms with Crippen LogP contribution in [-0.2, 0) is 4.79 Å². The first-order valence-corrected chi connectivity index (χ1v) is 6.66. The summed E-state index contributed by atoms with van der Waals surface area (Å²) in [5, 5.41) is 16.7. The molecule has 1 heterocycles. The van der Waals surface area contributed by atoms with Crippen molar-refractivity contribution >= 4 is 29.5 Å². The summed E-state index contributed by atoms with van der Waals surface area (Å²) in [7, 11) is 0. The van der Waals surface area contributed by atoms with Crippen LogP contribution >= 0.6 is 23.5 Å². The van der Waals surface area contributed by atoms with E-state index in [0.29, 0.717) is 11.9 Å². The van der Waals surface area contributed by atoms with Gasteiger partial charge in [-0.2, -0.15) is 0 Å². The zero-order valence-corrected chi connectivity index (χ0v) is 10.2. The molecule has 2 N–H and O–H groups in total. The molecule has 5 heteroatoms. The van der Waals surface area contributed by atoms with Gasteiger partial charge in [-0.1, -0.05) is 13.3 Å². The summed E-state index contributed by atoms with van der Waals surface area (Å²) >= 11 is 3.95. The van der Waals surface area contributed by atoms with E-state index in [1.165, 1.54) is 12.8 Å². The molecule has 1 aliphatic heterocycles. The van der Waals surface area contributed by atoms with E-state index in [0.717, 1.165) is 17.3 Å². The minimum atomic E-state index is -0.833. The second-order valence-electron chi connectivity index (χ2n) is 3.01. The summed E-state index contributed by atoms with van der Waals surface area (Å²) in [5.74, 6) is 0.311. The van der Waals surface area contributed by atoms with Gasteiger partial charge in [-0.25, -0.2) is 0 Å². The number of carboxylic acid groups (broad SMARTS) is 1. The fourth-order valence-corrected chi connectivity index (χ4v) is 4.39. The zero-order valence-electron chi connectivity index (χ0n) is 8.60. The average Bonchev–Trinajstić information content (AvgIpc) is 2.52. The Labute approximate surface area is 93.7 Å². The van der Waals surface area contributed by atoms with Gasteiger partial charge >= 0.3 is 0 Å². The van der Waals surface area contributed by atoms with Crippen LogP contribution in [0, 0.1) is 0 Å². The molecule has 1 rings (SSSR count). The smallest absolute Gasteiger partial charge is 0.300 e. The predicted molar refractivity (Wildman–Crippen MR) is 62.9 cm³/mol. The molecule has 2 atom stereocenters. The zero-order chi connectivity index (χ0) is 11.0. The lowest BCUT2D eigenvalue weighted by Gasteiger charge is -2.05. The second kappa shape index (κ2) is 8.44. The van der Waals surface area contributed by atoms with Crippen LogP contribution in [0.1, 0.15) is 26.7 Å². The number of hydrogen-bond donors (Lipinski definition) is 2. The molecule has 0 saturated carbocycles. The molecular formula is C9H18O3S2. The van der Waals surface area contributed by atoms with Crippen LogP contribution in [0.4, 0.5) is 0 Å². The van der Waals surface area contributed by atoms with Crippen LogP contribution in [0.25, 0.3) is 0 Å². The van der Waals surface area contributed by atoms with Crippen molar-refractivity contribution in [2.75, 3.05) is 12.4 Å². The molecule has 0 aromatic heterocycles. The lowest BCUT2D eigenvalue weighted by Crippen LogP contribution is -2.06. The van der Waals surface area contributed by atoms with E-state index in [-0.39, 0.29) is 0 Å². The van der Waals surface area contributed by atoms with Gasteiger partial charge in [0.15, 0.2) is 0 Å². The van der Waals surface area contributed by atoms with E-state index in [1.807, 2.05) is 23.5 Å². The number of aliphatic hydroxyl groups is 1. The summed E-state index contributed by atoms with van der Waals surface area (Å²) < 4.78 is 0.766. The van der Waals surface area contributed by atoms with E-state index in [4.69, 9.17) is 15.0 Å². The highest BCUT2D eigenvalue weighted by molar-refractivity contribution is 8.20. The lowest BCUT2D eigenvalue weighted by atomic mass is 10.4. The van der Waals surface area contributed by atoms with Crippen molar-refractivity contribution in [1.29, 1.82) is 0 Å². The monoisotopic (exact) mass is 238 g/mol. The SMILES string of the molecule is CC(=O)O.CCC[C@@H]1SC[C@H](CO)S1. The van der Waals surface area contributed by atoms with Gasteiger partial charge in [-0.15, -0.1) is 23.5 Å². The second-order valence-corrected chi connectivity index (χ2v) is 6.05. The molecule has 0 unspecified atom stereocenters. The maximum atomic E-state index is 9.00. The molecule has 3 nitrogen and oxygen atoms in total. The van der Waals surface area contributed by atoms with E-state index in [2.05, 4.69) is 6.92 Å². The van der Waals surface area contributed by atoms with E-state index in [1.54, 1.807) is 0 Å². The van der Waals surface area contributed by atoms with Gasteiger partial charge in [0, 0.05) is 17.9 Å². The maximum Gasteiger partial charge on any atom is 0.300 e. The minimum absolute atomic E-state index is 0.359. The van der Waals surface area contributed by atoms with Gasteiger partial charge in [0.05, 0.1) is 11.2 Å². The Bertz CT molecular complexity index is 160. The van der Waals surface area contributed by atoms with Gasteiger partial charge in [0.1, 0.15) is 0 Å². The lowest BCUT2D eigenvalue weighted by molar-refractivity contribution is -0.134. The Hall–Kier alpha value is 0.130. The van der Waals surface area contributed by atoms with Gasteiger partial charge in [-0.05, 0) is 6.42 Å². The molecule has 84 valence electrons. The number of aliphatic hydroxyl groups excluding tert-OH is 1. The number of carboxylic acids is 1. The highest BCUT2D eigenvalue weighted by Crippen LogP contribution is 2.39. The van der Waals surface area contributed by atoms with Crippen LogP contribution in [0.2, 0.25) is 0 Å². The van der Waals surface area contributed by atoms with Gasteiger partial charge in [-0.3, -0.25) is 4.79 Å². The van der Waals surface area contributed by atoms with E-state index < -0.39 is 5.97 Å². The van der Waals surface area contributed by atoms with E-state index in [9.17, 15) is 0 Å². The Kier molecular flexibility index (Phi) is 8.52. The van der Waals surface area contributed by atoms with Crippen molar-refractivity contribution in [3.63, 3.8) is 0 Å². The Morgan fingerprint density at radius 2 is 2.14 bits per heavy atom. The summed E-state index contributed by atoms with van der Waals surface area (Å²) in [4.78, 5) is 9.00. The van der Waals surface area contributed by atoms with Crippen molar-refractivity contribution in [1.82, 2.24) is 0 Å². The number of carbonyl (C=O) groups is 1. The number of hydrogen-bond acceptors (Lipinski definition) is 4. The summed E-state index contributed by atoms with van der Waals surface area (Å²) in [6, 6.07) is 0. The van der Waals surface area contributed by atoms with Crippen LogP contribution in [0.15, 0.2) is 0 Å². The molecule has 1 fully saturated rings. The molecule has 0 aromatic rings. The molecule has 0 spiro atoms. The number of rotatable bonds is 3. The van der Waals surface area contributed by atoms with Crippen molar-refractivity contribution in [2.45, 2.75) is 36.5 Å². The third-order valence-corrected chi connectivity index (χ3v) is 4.94. The molecule has 1 saturated heterocycles. The third-order valence-electron chi connectivity index (χ3n) is 1.54. The van der Waals surface area contributed by atoms with Crippen LogP contribution in [-0.4, -0.2) is 38.4 Å². The van der Waals surface area contributed by atoms with Gasteiger partial charge in [0.25, 0.3) is 5.97 Å². The molecule has 1 aliphatic rings. The van der Waals surface area contributed by atoms with Gasteiger partial charge in [0.2, 0.25) is 0 Å². The summed E-state index contributed by atoms with van der Waals surface area (Å²) in [6.45, 7) is 3.66. The molecule has 0 radical (unpaired) electrons. The molecule has 14 heavy (non-hydrogen) atoms. The van der Waals surface area contributed by atoms with Crippen LogP contribution < -0.4 is 0 Å². The molecule has 0 aromatic carbocycles. The molecular weight excluding hydrogens is 220 g/mol. The third kappa shape index (κ3) is 7.53. The fraction of sp³-hybridized carbons (Fsp3) is 0.889. The van der Waals surface area contributed by atoms with Crippen LogP contribution in [0.3, 0.4) is 0 Å². The Morgan fingerprint density at radius 1 is 1.57 bits per heavy atom. The molecule has 0 amide bonds. The highest BCUT2D eigenvalue weighted by atomic mass is 32.2. The van der Waals surface area contributed by atoms with Crippen molar-refractivity contribution in [2.24, 2.45) is 0 Å². The first-order chi connectivity index (χ1) is 6.60. The summed E-state index contributed by atoms with van der Waals surface area (Å²) in [5.41, 5.74) is 0. The van der Waals surface area contributed by atoms with Gasteiger partial charge < -0.3 is 10.2 Å². The Morgan fingerprint density at radius 3 is 2.50 bits per heavy atom. The minimum Gasteiger partial charge on any atom is -0.481 e. The quantitative estimate of drug-likeness (QED) is 0.788. The molecule has 0 bridgehead atoms. The predicted octanol–water partition coefficient (Wildman–Crippen LogP) is 2.04. The van der Waals surface area contributed by atoms with Crippen molar-refractivity contribution in [3.8, 4) is 0 Å². The first-order valence-electron chi connectivity index (χ1n) is 4.67. The first kappa shape index (κ1) is 14.1. The summed E-state index contributed by atoms with van der Waals surface area (Å²) in [6.07, 6.45) is 2.56. The fourth-order valence-electron chi connectivity index (χ4n) is 0.991. The standard InChI is InChI=1S/C7H14OS2.C2H4O2/c1-2-3-7-9-5-6(4-8)10-7;1-2(3)4/h6-8H,2-5H2,1H3;1H3,(H,3,4)/t6-,7+;/m0./s1. The van der Waals surface area contributed by atoms with E-state index >= 15 is 0 Å². The number of aliphatic carboxylic acids is 1. The maximum absolute atomic E-state index is 9.00. The van der Waals surface area contributed by atoms with Crippen molar-refractivity contribution < 1.29 is 15.0 Å². The average molecular weight is 238 g/mol. The number of thioether (sulfide) groups is 2. The van der Waals surface area contributed by atoms with Crippen molar-refractivity contribution in [3.05, 3.63) is 0 Å².